The van der Waals surface area contributed by atoms with Crippen LogP contribution in [0, 0.1) is 24.5 Å². The lowest BCUT2D eigenvalue weighted by Crippen LogP contribution is -2.44. The van der Waals surface area contributed by atoms with Crippen molar-refractivity contribution < 1.29 is 27.9 Å². The molecule has 3 heterocycles. The second-order valence-electron chi connectivity index (χ2n) is 12.6. The smallest absolute Gasteiger partial charge is 0.291 e. The lowest BCUT2D eigenvalue weighted by molar-refractivity contribution is -0.133. The predicted molar refractivity (Wildman–Crippen MR) is 186 cm³/mol. The number of hydrogen-bond donors (Lipinski definition) is 2. The molecule has 0 atom stereocenters. The summed E-state index contributed by atoms with van der Waals surface area (Å²) in [5, 5.41) is 10.0. The molecule has 0 spiro atoms. The topological polar surface area (TPSA) is 127 Å². The quantitative estimate of drug-likeness (QED) is 0.220. The Labute approximate surface area is 294 Å². The Morgan fingerprint density at radius 1 is 1.02 bits per heavy atom. The fourth-order valence-corrected chi connectivity index (χ4v) is 6.26. The average Bonchev–Trinajstić information content (AvgIpc) is 3.65. The maximum atomic E-state index is 15.5. The Morgan fingerprint density at radius 3 is 2.40 bits per heavy atom. The van der Waals surface area contributed by atoms with Crippen LogP contribution in [0.5, 0.6) is 0 Å². The molecule has 5 rings (SSSR count). The van der Waals surface area contributed by atoms with Gasteiger partial charge in [0.2, 0.25) is 5.91 Å². The summed E-state index contributed by atoms with van der Waals surface area (Å²) in [6.45, 7) is 4.81. The molecular weight excluding hydrogens is 670 g/mol. The van der Waals surface area contributed by atoms with E-state index in [1.165, 1.54) is 48.3 Å². The third kappa shape index (κ3) is 8.03. The van der Waals surface area contributed by atoms with Gasteiger partial charge in [-0.2, -0.15) is 5.10 Å². The molecule has 0 unspecified atom stereocenters. The molecule has 2 aromatic carbocycles. The molecule has 50 heavy (non-hydrogen) atoms. The SMILES string of the molecule is COCCn1ncc(-c2ccc(-c3cnc(C(=O)Nc4ccc(C(=O)NCC5CCN(C(=O)CN(C)C)CC5)c(Cl)c4)n3C)c(F)c2F)c1C. The van der Waals surface area contributed by atoms with Gasteiger partial charge in [0.15, 0.2) is 17.5 Å². The zero-order valence-corrected chi connectivity index (χ0v) is 29.5. The number of ether oxygens (including phenoxy) is 1. The van der Waals surface area contributed by atoms with Crippen molar-refractivity contribution in [3.05, 3.63) is 76.5 Å². The molecular formula is C35H41ClF2N8O4. The molecule has 0 aliphatic carbocycles. The summed E-state index contributed by atoms with van der Waals surface area (Å²) in [5.41, 5.74) is 1.90. The number of likely N-dealkylation sites (tertiary alicyclic amines) is 1. The summed E-state index contributed by atoms with van der Waals surface area (Å²) in [6, 6.07) is 7.44. The number of imidazole rings is 1. The monoisotopic (exact) mass is 710 g/mol. The summed E-state index contributed by atoms with van der Waals surface area (Å²) >= 11 is 6.44. The number of rotatable bonds is 12. The van der Waals surface area contributed by atoms with E-state index >= 15 is 8.78 Å². The first-order valence-electron chi connectivity index (χ1n) is 16.2. The van der Waals surface area contributed by atoms with Crippen LogP contribution in [0.25, 0.3) is 22.4 Å². The fraction of sp³-hybridized carbons (Fsp3) is 0.400. The molecule has 0 radical (unpaired) electrons. The van der Waals surface area contributed by atoms with Gasteiger partial charge in [0.1, 0.15) is 0 Å². The number of carbonyl (C=O) groups is 3. The standard InChI is InChI=1S/C35H41ClF2N8O4/c1-21-27(18-41-46(21)14-15-50-5)24-8-9-26(32(38)31(24)37)29-19-39-33(44(29)4)35(49)42-23-6-7-25(28(36)16-23)34(48)40-17-22-10-12-45(13-11-22)30(47)20-43(2)3/h6-9,16,18-19,22H,10-15,17,20H2,1-5H3,(H,40,48)(H,42,49). The van der Waals surface area contributed by atoms with Gasteiger partial charge in [0.05, 0.1) is 48.4 Å². The Morgan fingerprint density at radius 2 is 1.72 bits per heavy atom. The van der Waals surface area contributed by atoms with Crippen LogP contribution >= 0.6 is 11.6 Å². The lowest BCUT2D eigenvalue weighted by atomic mass is 9.96. The Kier molecular flexibility index (Phi) is 11.7. The van der Waals surface area contributed by atoms with Crippen molar-refractivity contribution >= 4 is 35.0 Å². The maximum absolute atomic E-state index is 15.5. The molecule has 15 heteroatoms. The lowest BCUT2D eigenvalue weighted by Gasteiger charge is -2.32. The van der Waals surface area contributed by atoms with Crippen LogP contribution in [0.1, 0.15) is 39.5 Å². The molecule has 1 aliphatic heterocycles. The van der Waals surface area contributed by atoms with Crippen LogP contribution in [0.15, 0.2) is 42.7 Å². The number of halogens is 3. The van der Waals surface area contributed by atoms with Crippen LogP contribution in [0.2, 0.25) is 5.02 Å². The van der Waals surface area contributed by atoms with Gasteiger partial charge in [-0.25, -0.2) is 13.8 Å². The highest BCUT2D eigenvalue weighted by Gasteiger charge is 2.25. The second-order valence-corrected chi connectivity index (χ2v) is 13.0. The number of benzene rings is 2. The summed E-state index contributed by atoms with van der Waals surface area (Å²) in [7, 11) is 6.82. The van der Waals surface area contributed by atoms with Crippen LogP contribution < -0.4 is 10.6 Å². The number of carbonyl (C=O) groups excluding carboxylic acids is 3. The highest BCUT2D eigenvalue weighted by Crippen LogP contribution is 2.33. The van der Waals surface area contributed by atoms with Gasteiger partial charge in [0, 0.05) is 61.9 Å². The molecule has 1 saturated heterocycles. The van der Waals surface area contributed by atoms with Crippen molar-refractivity contribution in [2.24, 2.45) is 13.0 Å². The minimum atomic E-state index is -1.08. The van der Waals surface area contributed by atoms with E-state index in [2.05, 4.69) is 20.7 Å². The van der Waals surface area contributed by atoms with Gasteiger partial charge in [-0.05, 0) is 64.0 Å². The predicted octanol–water partition coefficient (Wildman–Crippen LogP) is 4.62. The van der Waals surface area contributed by atoms with E-state index in [4.69, 9.17) is 16.3 Å². The molecule has 1 fully saturated rings. The summed E-state index contributed by atoms with van der Waals surface area (Å²) in [6.07, 6.45) is 4.37. The first kappa shape index (κ1) is 36.6. The minimum Gasteiger partial charge on any atom is -0.383 e. The van der Waals surface area contributed by atoms with Crippen molar-refractivity contribution in [1.82, 2.24) is 34.4 Å². The number of piperidine rings is 1. The largest absolute Gasteiger partial charge is 0.383 e. The van der Waals surface area contributed by atoms with Gasteiger partial charge in [-0.1, -0.05) is 17.7 Å². The molecule has 2 N–H and O–H groups in total. The second kappa shape index (κ2) is 15.9. The number of anilines is 1. The molecule has 4 aromatic rings. The molecule has 0 bridgehead atoms. The van der Waals surface area contributed by atoms with E-state index < -0.39 is 17.5 Å². The van der Waals surface area contributed by atoms with Gasteiger partial charge in [0.25, 0.3) is 11.8 Å². The first-order chi connectivity index (χ1) is 23.9. The normalized spacial score (nSPS) is 13.6. The Bertz CT molecular complexity index is 1880. The number of nitrogens with zero attached hydrogens (tertiary/aromatic N) is 6. The number of hydrogen-bond acceptors (Lipinski definition) is 7. The zero-order valence-electron chi connectivity index (χ0n) is 28.7. The Hall–Kier alpha value is -4.66. The minimum absolute atomic E-state index is 0.0495. The number of methoxy groups -OCH3 is 1. The van der Waals surface area contributed by atoms with Crippen molar-refractivity contribution in [3.63, 3.8) is 0 Å². The fourth-order valence-electron chi connectivity index (χ4n) is 5.99. The van der Waals surface area contributed by atoms with Crippen LogP contribution in [0.3, 0.4) is 0 Å². The average molecular weight is 711 g/mol. The number of aromatic nitrogens is 4. The third-order valence-corrected chi connectivity index (χ3v) is 9.20. The van der Waals surface area contributed by atoms with Crippen LogP contribution in [-0.2, 0) is 23.1 Å². The molecule has 0 saturated carbocycles. The number of likely N-dealkylation sites (N-methyl/N-ethyl adjacent to an activating group) is 1. The van der Waals surface area contributed by atoms with E-state index in [0.29, 0.717) is 56.3 Å². The van der Waals surface area contributed by atoms with Crippen LogP contribution in [-0.4, -0.2) is 101 Å². The highest BCUT2D eigenvalue weighted by molar-refractivity contribution is 6.34. The van der Waals surface area contributed by atoms with Crippen molar-refractivity contribution in [2.45, 2.75) is 26.3 Å². The molecule has 3 amide bonds. The third-order valence-electron chi connectivity index (χ3n) is 8.89. The summed E-state index contributed by atoms with van der Waals surface area (Å²) in [4.78, 5) is 46.3. The summed E-state index contributed by atoms with van der Waals surface area (Å²) < 4.78 is 39.0. The van der Waals surface area contributed by atoms with E-state index in [9.17, 15) is 14.4 Å². The number of amides is 3. The van der Waals surface area contributed by atoms with E-state index in [0.717, 1.165) is 12.8 Å². The molecule has 266 valence electrons. The molecule has 1 aliphatic rings. The van der Waals surface area contributed by atoms with Crippen molar-refractivity contribution in [1.29, 1.82) is 0 Å². The van der Waals surface area contributed by atoms with Crippen molar-refractivity contribution in [3.8, 4) is 22.4 Å². The molecule has 12 nitrogen and oxygen atoms in total. The van der Waals surface area contributed by atoms with Gasteiger partial charge in [-0.3, -0.25) is 19.1 Å². The van der Waals surface area contributed by atoms with Gasteiger partial charge >= 0.3 is 0 Å². The Balaban J connectivity index is 1.20. The highest BCUT2D eigenvalue weighted by atomic mass is 35.5. The van der Waals surface area contributed by atoms with Crippen molar-refractivity contribution in [2.75, 3.05) is 59.3 Å². The van der Waals surface area contributed by atoms with E-state index in [1.807, 2.05) is 23.9 Å². The number of nitrogens with one attached hydrogen (secondary N) is 2. The van der Waals surface area contributed by atoms with Crippen LogP contribution in [0.4, 0.5) is 14.5 Å². The maximum Gasteiger partial charge on any atom is 0.291 e. The van der Waals surface area contributed by atoms with Gasteiger partial charge < -0.3 is 29.7 Å². The van der Waals surface area contributed by atoms with Gasteiger partial charge in [-0.15, -0.1) is 0 Å². The molecule has 2 aromatic heterocycles. The first-order valence-corrected chi connectivity index (χ1v) is 16.6. The summed E-state index contributed by atoms with van der Waals surface area (Å²) in [5.74, 6) is -2.79. The van der Waals surface area contributed by atoms with E-state index in [-0.39, 0.29) is 51.0 Å². The van der Waals surface area contributed by atoms with E-state index in [1.54, 1.807) is 24.8 Å². The zero-order chi connectivity index (χ0) is 36.1.